The summed E-state index contributed by atoms with van der Waals surface area (Å²) < 4.78 is 0. The van der Waals surface area contributed by atoms with Crippen LogP contribution in [-0.4, -0.2) is 48.5 Å². The van der Waals surface area contributed by atoms with Crippen LogP contribution in [0.3, 0.4) is 0 Å². The van der Waals surface area contributed by atoms with Gasteiger partial charge in [0.25, 0.3) is 0 Å². The molecule has 4 nitrogen and oxygen atoms in total. The molecule has 4 heteroatoms. The van der Waals surface area contributed by atoms with Gasteiger partial charge >= 0.3 is 0 Å². The number of hydrogen-bond donors (Lipinski definition) is 3. The molecule has 3 atom stereocenters. The van der Waals surface area contributed by atoms with E-state index >= 15 is 0 Å². The molecule has 1 saturated heterocycles. The molecule has 17 heavy (non-hydrogen) atoms. The van der Waals surface area contributed by atoms with Crippen molar-refractivity contribution in [1.82, 2.24) is 10.2 Å². The van der Waals surface area contributed by atoms with Crippen LogP contribution < -0.4 is 11.1 Å². The molecule has 4 N–H and O–H groups in total. The van der Waals surface area contributed by atoms with E-state index in [9.17, 15) is 5.11 Å². The molecule has 0 bridgehead atoms. The van der Waals surface area contributed by atoms with E-state index in [1.807, 2.05) is 0 Å². The number of rotatable bonds is 5. The lowest BCUT2D eigenvalue weighted by molar-refractivity contribution is 0.139. The average molecular weight is 239 g/mol. The monoisotopic (exact) mass is 239 g/mol. The van der Waals surface area contributed by atoms with Gasteiger partial charge in [-0.1, -0.05) is 12.2 Å². The quantitative estimate of drug-likeness (QED) is 0.603. The van der Waals surface area contributed by atoms with Crippen LogP contribution in [0.4, 0.5) is 0 Å². The Morgan fingerprint density at radius 1 is 1.47 bits per heavy atom. The molecule has 98 valence electrons. The largest absolute Gasteiger partial charge is 0.395 e. The Bertz CT molecular complexity index is 257. The molecule has 2 rings (SSSR count). The first-order valence-corrected chi connectivity index (χ1v) is 6.82. The van der Waals surface area contributed by atoms with Crippen LogP contribution in [0, 0.1) is 5.92 Å². The normalized spacial score (nSPS) is 34.4. The molecule has 0 aromatic rings. The van der Waals surface area contributed by atoms with Crippen LogP contribution in [0.15, 0.2) is 12.2 Å². The molecular weight excluding hydrogens is 214 g/mol. The molecule has 0 radical (unpaired) electrons. The first kappa shape index (κ1) is 13.0. The van der Waals surface area contributed by atoms with E-state index in [0.29, 0.717) is 12.0 Å². The summed E-state index contributed by atoms with van der Waals surface area (Å²) in [6.07, 6.45) is 9.36. The van der Waals surface area contributed by atoms with Gasteiger partial charge in [-0.2, -0.15) is 0 Å². The maximum Gasteiger partial charge on any atom is 0.0602 e. The summed E-state index contributed by atoms with van der Waals surface area (Å²) in [5, 5.41) is 13.2. The number of hydrogen-bond acceptors (Lipinski definition) is 4. The second-order valence-electron chi connectivity index (χ2n) is 5.12. The predicted octanol–water partition coefficient (Wildman–Crippen LogP) is 0.284. The zero-order valence-electron chi connectivity index (χ0n) is 10.5. The van der Waals surface area contributed by atoms with Gasteiger partial charge in [0.2, 0.25) is 0 Å². The summed E-state index contributed by atoms with van der Waals surface area (Å²) in [6.45, 7) is 2.84. The molecule has 1 fully saturated rings. The fourth-order valence-electron chi connectivity index (χ4n) is 3.05. The van der Waals surface area contributed by atoms with E-state index in [-0.39, 0.29) is 12.6 Å². The van der Waals surface area contributed by atoms with E-state index in [2.05, 4.69) is 22.4 Å². The van der Waals surface area contributed by atoms with Crippen molar-refractivity contribution in [2.75, 3.05) is 26.4 Å². The Morgan fingerprint density at radius 3 is 3.00 bits per heavy atom. The number of nitrogens with zero attached hydrogens (tertiary/aromatic N) is 1. The first-order valence-electron chi connectivity index (χ1n) is 6.82. The maximum atomic E-state index is 9.60. The van der Waals surface area contributed by atoms with E-state index < -0.39 is 0 Å². The van der Waals surface area contributed by atoms with E-state index in [0.717, 1.165) is 26.2 Å². The van der Waals surface area contributed by atoms with Gasteiger partial charge in [-0.05, 0) is 38.1 Å². The van der Waals surface area contributed by atoms with Gasteiger partial charge in [-0.25, -0.2) is 0 Å². The maximum absolute atomic E-state index is 9.60. The average Bonchev–Trinajstić information content (AvgIpc) is 2.80. The molecule has 0 amide bonds. The molecular formula is C13H25N3O. The van der Waals surface area contributed by atoms with E-state index in [1.165, 1.54) is 19.3 Å². The number of nitrogens with two attached hydrogens (primary N) is 1. The Morgan fingerprint density at radius 2 is 2.35 bits per heavy atom. The molecule has 0 saturated carbocycles. The van der Waals surface area contributed by atoms with Gasteiger partial charge < -0.3 is 10.8 Å². The minimum Gasteiger partial charge on any atom is -0.395 e. The lowest BCUT2D eigenvalue weighted by atomic mass is 9.86. The molecule has 0 aromatic heterocycles. The highest BCUT2D eigenvalue weighted by atomic mass is 16.3. The van der Waals surface area contributed by atoms with Crippen LogP contribution in [-0.2, 0) is 0 Å². The second kappa shape index (κ2) is 6.50. The zero-order chi connectivity index (χ0) is 12.1. The number of aliphatic hydroxyl groups excluding tert-OH is 1. The smallest absolute Gasteiger partial charge is 0.0602 e. The SMILES string of the molecule is NCCCN1CN[C@@H](C2C=CCCC2)C1CO. The zero-order valence-corrected chi connectivity index (χ0v) is 10.5. The third-order valence-corrected chi connectivity index (χ3v) is 4.00. The third kappa shape index (κ3) is 3.07. The summed E-state index contributed by atoms with van der Waals surface area (Å²) in [6, 6.07) is 0.670. The van der Waals surface area contributed by atoms with Gasteiger partial charge in [0.05, 0.1) is 6.61 Å². The Labute approximate surface area is 104 Å². The van der Waals surface area contributed by atoms with Gasteiger partial charge in [-0.15, -0.1) is 0 Å². The van der Waals surface area contributed by atoms with Crippen molar-refractivity contribution >= 4 is 0 Å². The van der Waals surface area contributed by atoms with Gasteiger partial charge in [0, 0.05) is 25.3 Å². The highest BCUT2D eigenvalue weighted by Gasteiger charge is 2.36. The molecule has 1 heterocycles. The van der Waals surface area contributed by atoms with Crippen molar-refractivity contribution in [2.24, 2.45) is 11.7 Å². The fourth-order valence-corrected chi connectivity index (χ4v) is 3.05. The summed E-state index contributed by atoms with van der Waals surface area (Å²) in [5.41, 5.74) is 5.55. The molecule has 1 aliphatic heterocycles. The van der Waals surface area contributed by atoms with Gasteiger partial charge in [-0.3, -0.25) is 10.2 Å². The highest BCUT2D eigenvalue weighted by Crippen LogP contribution is 2.26. The van der Waals surface area contributed by atoms with Crippen LogP contribution in [0.25, 0.3) is 0 Å². The molecule has 0 spiro atoms. The van der Waals surface area contributed by atoms with Crippen LogP contribution in [0.1, 0.15) is 25.7 Å². The van der Waals surface area contributed by atoms with Crippen molar-refractivity contribution in [3.8, 4) is 0 Å². The summed E-state index contributed by atoms with van der Waals surface area (Å²) in [5.74, 6) is 0.587. The molecule has 2 unspecified atom stereocenters. The first-order chi connectivity index (χ1) is 8.36. The second-order valence-corrected chi connectivity index (χ2v) is 5.12. The summed E-state index contributed by atoms with van der Waals surface area (Å²) >= 11 is 0. The number of nitrogens with one attached hydrogen (secondary N) is 1. The minimum absolute atomic E-state index is 0.243. The van der Waals surface area contributed by atoms with E-state index in [4.69, 9.17) is 5.73 Å². The van der Waals surface area contributed by atoms with Crippen LogP contribution in [0.2, 0.25) is 0 Å². The lowest BCUT2D eigenvalue weighted by Crippen LogP contribution is -2.44. The standard InChI is InChI=1S/C13H25N3O/c14-7-4-8-16-10-15-13(12(16)9-17)11-5-2-1-3-6-11/h2,5,11-13,15,17H,1,3-4,6-10,14H2/t11?,12?,13-/m0/s1. The highest BCUT2D eigenvalue weighted by molar-refractivity contribution is 5.04. The topological polar surface area (TPSA) is 61.5 Å². The van der Waals surface area contributed by atoms with Crippen molar-refractivity contribution in [2.45, 2.75) is 37.8 Å². The van der Waals surface area contributed by atoms with Gasteiger partial charge in [0.15, 0.2) is 0 Å². The van der Waals surface area contributed by atoms with Crippen LogP contribution in [0.5, 0.6) is 0 Å². The Hall–Kier alpha value is -0.420. The van der Waals surface area contributed by atoms with Crippen molar-refractivity contribution in [3.05, 3.63) is 12.2 Å². The Kier molecular flexibility index (Phi) is 4.98. The molecule has 1 aliphatic carbocycles. The minimum atomic E-state index is 0.243. The fraction of sp³-hybridized carbons (Fsp3) is 0.846. The Balaban J connectivity index is 1.94. The summed E-state index contributed by atoms with van der Waals surface area (Å²) in [4.78, 5) is 2.33. The number of allylic oxidation sites excluding steroid dienone is 1. The van der Waals surface area contributed by atoms with Gasteiger partial charge in [0.1, 0.15) is 0 Å². The third-order valence-electron chi connectivity index (χ3n) is 4.00. The molecule has 2 aliphatic rings. The van der Waals surface area contributed by atoms with Crippen molar-refractivity contribution < 1.29 is 5.11 Å². The molecule has 0 aromatic carbocycles. The van der Waals surface area contributed by atoms with E-state index in [1.54, 1.807) is 0 Å². The predicted molar refractivity (Wildman–Crippen MR) is 69.5 cm³/mol. The van der Waals surface area contributed by atoms with Crippen molar-refractivity contribution in [3.63, 3.8) is 0 Å². The lowest BCUT2D eigenvalue weighted by Gasteiger charge is -2.30. The number of aliphatic hydroxyl groups is 1. The van der Waals surface area contributed by atoms with Crippen LogP contribution >= 0.6 is 0 Å². The summed E-state index contributed by atoms with van der Waals surface area (Å²) in [7, 11) is 0. The van der Waals surface area contributed by atoms with Crippen molar-refractivity contribution in [1.29, 1.82) is 0 Å².